The summed E-state index contributed by atoms with van der Waals surface area (Å²) in [5, 5.41) is 2.96. The summed E-state index contributed by atoms with van der Waals surface area (Å²) < 4.78 is 13.2. The summed E-state index contributed by atoms with van der Waals surface area (Å²) in [6, 6.07) is 5.65. The van der Waals surface area contributed by atoms with Crippen LogP contribution in [0.1, 0.15) is 37.6 Å². The molecular weight excluding hydrogens is 271 g/mol. The number of carbonyl (C=O) groups is 2. The molecule has 1 aromatic rings. The fraction of sp³-hybridized carbons (Fsp3) is 0.500. The number of halogens is 1. The Hall–Kier alpha value is -1.91. The predicted molar refractivity (Wildman–Crippen MR) is 78.3 cm³/mol. The van der Waals surface area contributed by atoms with Gasteiger partial charge in [-0.3, -0.25) is 9.59 Å². The third-order valence-electron chi connectivity index (χ3n) is 3.56. The van der Waals surface area contributed by atoms with Gasteiger partial charge in [0, 0.05) is 30.1 Å². The lowest BCUT2D eigenvalue weighted by atomic mass is 9.95. The van der Waals surface area contributed by atoms with Gasteiger partial charge >= 0.3 is 0 Å². The molecule has 4 nitrogen and oxygen atoms in total. The second kappa shape index (κ2) is 5.84. The number of benzene rings is 1. The smallest absolute Gasteiger partial charge is 0.254 e. The quantitative estimate of drug-likeness (QED) is 0.908. The molecule has 1 fully saturated rings. The van der Waals surface area contributed by atoms with E-state index in [1.165, 1.54) is 18.2 Å². The van der Waals surface area contributed by atoms with Crippen molar-refractivity contribution in [2.24, 2.45) is 5.41 Å². The number of nitrogens with zero attached hydrogens (tertiary/aromatic N) is 1. The third kappa shape index (κ3) is 3.80. The molecule has 2 rings (SSSR count). The molecule has 0 aromatic heterocycles. The van der Waals surface area contributed by atoms with Crippen molar-refractivity contribution in [3.8, 4) is 0 Å². The van der Waals surface area contributed by atoms with Gasteiger partial charge in [0.05, 0.1) is 0 Å². The molecule has 21 heavy (non-hydrogen) atoms. The minimum atomic E-state index is -0.444. The molecule has 2 amide bonds. The van der Waals surface area contributed by atoms with Gasteiger partial charge in [-0.25, -0.2) is 4.39 Å². The van der Waals surface area contributed by atoms with E-state index in [2.05, 4.69) is 5.32 Å². The summed E-state index contributed by atoms with van der Waals surface area (Å²) in [4.78, 5) is 25.9. The van der Waals surface area contributed by atoms with Gasteiger partial charge < -0.3 is 10.2 Å². The van der Waals surface area contributed by atoms with Crippen LogP contribution in [0.4, 0.5) is 4.39 Å². The first-order valence-corrected chi connectivity index (χ1v) is 7.13. The van der Waals surface area contributed by atoms with E-state index in [-0.39, 0.29) is 17.9 Å². The molecular formula is C16H21FN2O2. The summed E-state index contributed by atoms with van der Waals surface area (Å²) in [5.41, 5.74) is -0.0993. The van der Waals surface area contributed by atoms with Crippen LogP contribution >= 0.6 is 0 Å². The highest BCUT2D eigenvalue weighted by Crippen LogP contribution is 2.17. The molecule has 0 aliphatic carbocycles. The number of likely N-dealkylation sites (tertiary alicyclic amines) is 1. The standard InChI is InChI=1S/C16H21FN2O2/c1-16(2,3)15(21)18-13-7-8-19(10-13)14(20)11-5-4-6-12(17)9-11/h4-6,9,13H,7-8,10H2,1-3H3,(H,18,21). The first-order chi connectivity index (χ1) is 9.77. The minimum Gasteiger partial charge on any atom is -0.351 e. The lowest BCUT2D eigenvalue weighted by molar-refractivity contribution is -0.129. The largest absolute Gasteiger partial charge is 0.351 e. The first-order valence-electron chi connectivity index (χ1n) is 7.13. The maximum atomic E-state index is 13.2. The van der Waals surface area contributed by atoms with Crippen molar-refractivity contribution >= 4 is 11.8 Å². The van der Waals surface area contributed by atoms with Gasteiger partial charge in [0.1, 0.15) is 5.82 Å². The minimum absolute atomic E-state index is 0.0208. The van der Waals surface area contributed by atoms with Crippen molar-refractivity contribution < 1.29 is 14.0 Å². The van der Waals surface area contributed by atoms with Crippen molar-refractivity contribution in [2.45, 2.75) is 33.2 Å². The Morgan fingerprint density at radius 3 is 2.67 bits per heavy atom. The lowest BCUT2D eigenvalue weighted by Crippen LogP contribution is -2.43. The Bertz CT molecular complexity index is 551. The molecule has 1 unspecified atom stereocenters. The lowest BCUT2D eigenvalue weighted by Gasteiger charge is -2.22. The Morgan fingerprint density at radius 2 is 2.05 bits per heavy atom. The highest BCUT2D eigenvalue weighted by Gasteiger charge is 2.30. The highest BCUT2D eigenvalue weighted by molar-refractivity contribution is 5.94. The number of carbonyl (C=O) groups excluding carboxylic acids is 2. The van der Waals surface area contributed by atoms with Crippen LogP contribution in [-0.2, 0) is 4.79 Å². The number of hydrogen-bond acceptors (Lipinski definition) is 2. The molecule has 1 atom stereocenters. The van der Waals surface area contributed by atoms with E-state index in [9.17, 15) is 14.0 Å². The van der Waals surface area contributed by atoms with Crippen LogP contribution in [0, 0.1) is 11.2 Å². The monoisotopic (exact) mass is 292 g/mol. The maximum Gasteiger partial charge on any atom is 0.254 e. The topological polar surface area (TPSA) is 49.4 Å². The Morgan fingerprint density at radius 1 is 1.33 bits per heavy atom. The summed E-state index contributed by atoms with van der Waals surface area (Å²) in [6.45, 7) is 6.61. The zero-order valence-electron chi connectivity index (χ0n) is 12.6. The predicted octanol–water partition coefficient (Wildman–Crippen LogP) is 2.20. The molecule has 1 N–H and O–H groups in total. The van der Waals surface area contributed by atoms with Gasteiger partial charge in [-0.2, -0.15) is 0 Å². The van der Waals surface area contributed by atoms with E-state index in [1.54, 1.807) is 11.0 Å². The van der Waals surface area contributed by atoms with Crippen LogP contribution in [0.15, 0.2) is 24.3 Å². The number of rotatable bonds is 2. The van der Waals surface area contributed by atoms with Gasteiger partial charge in [0.2, 0.25) is 5.91 Å². The molecule has 1 heterocycles. The fourth-order valence-corrected chi connectivity index (χ4v) is 2.27. The fourth-order valence-electron chi connectivity index (χ4n) is 2.27. The highest BCUT2D eigenvalue weighted by atomic mass is 19.1. The van der Waals surface area contributed by atoms with Crippen LogP contribution < -0.4 is 5.32 Å². The normalized spacial score (nSPS) is 18.7. The molecule has 0 bridgehead atoms. The van der Waals surface area contributed by atoms with E-state index in [1.807, 2.05) is 20.8 Å². The average Bonchev–Trinajstić information content (AvgIpc) is 2.85. The summed E-state index contributed by atoms with van der Waals surface area (Å²) >= 11 is 0. The van der Waals surface area contributed by atoms with E-state index in [0.29, 0.717) is 18.7 Å². The van der Waals surface area contributed by atoms with E-state index >= 15 is 0 Å². The van der Waals surface area contributed by atoms with Gasteiger partial charge in [0.15, 0.2) is 0 Å². The van der Waals surface area contributed by atoms with Crippen molar-refractivity contribution in [3.05, 3.63) is 35.6 Å². The first kappa shape index (κ1) is 15.5. The average molecular weight is 292 g/mol. The van der Waals surface area contributed by atoms with E-state index < -0.39 is 11.2 Å². The molecule has 0 radical (unpaired) electrons. The van der Waals surface area contributed by atoms with Crippen LogP contribution in [0.3, 0.4) is 0 Å². The van der Waals surface area contributed by atoms with E-state index in [4.69, 9.17) is 0 Å². The number of amides is 2. The Kier molecular flexibility index (Phi) is 4.30. The summed E-state index contributed by atoms with van der Waals surface area (Å²) in [6.07, 6.45) is 0.725. The number of hydrogen-bond donors (Lipinski definition) is 1. The molecule has 5 heteroatoms. The van der Waals surface area contributed by atoms with Crippen molar-refractivity contribution in [3.63, 3.8) is 0 Å². The molecule has 114 valence electrons. The summed E-state index contributed by atoms with van der Waals surface area (Å²) in [5.74, 6) is -0.632. The van der Waals surface area contributed by atoms with Crippen LogP contribution in [0.5, 0.6) is 0 Å². The summed E-state index contributed by atoms with van der Waals surface area (Å²) in [7, 11) is 0. The van der Waals surface area contributed by atoms with E-state index in [0.717, 1.165) is 6.42 Å². The molecule has 1 saturated heterocycles. The van der Waals surface area contributed by atoms with Gasteiger partial charge in [-0.05, 0) is 24.6 Å². The number of nitrogens with one attached hydrogen (secondary N) is 1. The zero-order valence-corrected chi connectivity index (χ0v) is 12.6. The Balaban J connectivity index is 1.96. The van der Waals surface area contributed by atoms with Crippen molar-refractivity contribution in [1.29, 1.82) is 0 Å². The van der Waals surface area contributed by atoms with Gasteiger partial charge in [-0.15, -0.1) is 0 Å². The van der Waals surface area contributed by atoms with Crippen LogP contribution in [-0.4, -0.2) is 35.8 Å². The SMILES string of the molecule is CC(C)(C)C(=O)NC1CCN(C(=O)c2cccc(F)c2)C1. The van der Waals surface area contributed by atoms with Crippen LogP contribution in [0.25, 0.3) is 0 Å². The van der Waals surface area contributed by atoms with Crippen LogP contribution in [0.2, 0.25) is 0 Å². The molecule has 1 aliphatic heterocycles. The van der Waals surface area contributed by atoms with Crippen molar-refractivity contribution in [2.75, 3.05) is 13.1 Å². The molecule has 0 saturated carbocycles. The molecule has 1 aliphatic rings. The van der Waals surface area contributed by atoms with Gasteiger partial charge in [-0.1, -0.05) is 26.8 Å². The zero-order chi connectivity index (χ0) is 15.6. The molecule has 0 spiro atoms. The second-order valence-electron chi connectivity index (χ2n) is 6.47. The second-order valence-corrected chi connectivity index (χ2v) is 6.47. The third-order valence-corrected chi connectivity index (χ3v) is 3.56. The Labute approximate surface area is 124 Å². The van der Waals surface area contributed by atoms with Gasteiger partial charge in [0.25, 0.3) is 5.91 Å². The maximum absolute atomic E-state index is 13.2. The molecule has 1 aromatic carbocycles. The van der Waals surface area contributed by atoms with Crippen molar-refractivity contribution in [1.82, 2.24) is 10.2 Å².